The highest BCUT2D eigenvalue weighted by Crippen LogP contribution is 2.25. The summed E-state index contributed by atoms with van der Waals surface area (Å²) in [7, 11) is 3.91. The normalized spacial score (nSPS) is 19.1. The van der Waals surface area contributed by atoms with E-state index < -0.39 is 23.8 Å². The van der Waals surface area contributed by atoms with Crippen molar-refractivity contribution in [2.24, 2.45) is 11.8 Å². The van der Waals surface area contributed by atoms with Gasteiger partial charge in [-0.3, -0.25) is 9.69 Å². The Hall–Kier alpha value is -2.77. The zero-order valence-electron chi connectivity index (χ0n) is 26.1. The van der Waals surface area contributed by atoms with Crippen molar-refractivity contribution >= 4 is 25.1 Å². The molecule has 1 saturated heterocycles. The number of nitriles is 1. The third-order valence-corrected chi connectivity index (χ3v) is 6.35. The predicted octanol–water partition coefficient (Wildman–Crippen LogP) is 4.00. The lowest BCUT2D eigenvalue weighted by atomic mass is 9.99. The van der Waals surface area contributed by atoms with Crippen LogP contribution in [-0.4, -0.2) is 80.9 Å². The number of likely N-dealkylation sites (tertiary alicyclic amines) is 1. The van der Waals surface area contributed by atoms with E-state index in [1.807, 2.05) is 33.0 Å². The number of aldehydes is 1. The number of amides is 2. The minimum absolute atomic E-state index is 0.0479. The van der Waals surface area contributed by atoms with Gasteiger partial charge >= 0.3 is 6.09 Å². The second-order valence-electron chi connectivity index (χ2n) is 11.2. The van der Waals surface area contributed by atoms with E-state index in [-0.39, 0.29) is 17.9 Å². The lowest BCUT2D eigenvalue weighted by Gasteiger charge is -2.21. The molecule has 230 valence electrons. The first-order valence-electron chi connectivity index (χ1n) is 14.4. The molecule has 10 nitrogen and oxygen atoms in total. The summed E-state index contributed by atoms with van der Waals surface area (Å²) in [5, 5.41) is 17.9. The minimum atomic E-state index is -0.613. The molecule has 5 atom stereocenters. The highest BCUT2D eigenvalue weighted by Gasteiger charge is 2.34. The fourth-order valence-electron chi connectivity index (χ4n) is 4.23. The Kier molecular flexibility index (Phi) is 22.6. The summed E-state index contributed by atoms with van der Waals surface area (Å²) in [5.41, 5.74) is -0.613. The van der Waals surface area contributed by atoms with E-state index in [4.69, 9.17) is 9.53 Å². The van der Waals surface area contributed by atoms with Gasteiger partial charge in [-0.05, 0) is 91.8 Å². The Morgan fingerprint density at radius 3 is 2.30 bits per heavy atom. The first-order valence-corrected chi connectivity index (χ1v) is 14.4. The molecule has 40 heavy (non-hydrogen) atoms. The van der Waals surface area contributed by atoms with Crippen molar-refractivity contribution in [3.63, 3.8) is 0 Å². The van der Waals surface area contributed by atoms with Gasteiger partial charge in [-0.1, -0.05) is 39.3 Å². The molecule has 1 aliphatic rings. The van der Waals surface area contributed by atoms with Crippen LogP contribution in [0.5, 0.6) is 0 Å². The van der Waals surface area contributed by atoms with Crippen molar-refractivity contribution in [3.8, 4) is 6.07 Å². The Morgan fingerprint density at radius 2 is 1.80 bits per heavy atom. The number of hydrogen-bond donors (Lipinski definition) is 3. The molecule has 1 fully saturated rings. The van der Waals surface area contributed by atoms with Crippen molar-refractivity contribution in [2.45, 2.75) is 110 Å². The third-order valence-electron chi connectivity index (χ3n) is 6.35. The molecule has 1 heterocycles. The minimum Gasteiger partial charge on any atom is -0.444 e. The molecule has 0 aromatic heterocycles. The van der Waals surface area contributed by atoms with Crippen LogP contribution in [0.25, 0.3) is 0 Å². The Bertz CT molecular complexity index is 775. The molecule has 0 aromatic rings. The maximum atomic E-state index is 12.7. The fraction of sp³-hybridized carbons (Fsp3) is 0.767. The number of hydrogen-bond acceptors (Lipinski definition) is 8. The summed E-state index contributed by atoms with van der Waals surface area (Å²) in [6.07, 6.45) is 9.72. The van der Waals surface area contributed by atoms with E-state index >= 15 is 0 Å². The highest BCUT2D eigenvalue weighted by molar-refractivity contribution is 5.82. The highest BCUT2D eigenvalue weighted by atomic mass is 16.6. The number of rotatable bonds is 14. The van der Waals surface area contributed by atoms with Crippen LogP contribution in [0.4, 0.5) is 4.79 Å². The van der Waals surface area contributed by atoms with Crippen molar-refractivity contribution in [1.82, 2.24) is 20.9 Å². The largest absolute Gasteiger partial charge is 0.444 e. The summed E-state index contributed by atoms with van der Waals surface area (Å²) in [5.74, 6) is 0.729. The predicted molar refractivity (Wildman–Crippen MR) is 160 cm³/mol. The molecule has 0 spiro atoms. The van der Waals surface area contributed by atoms with Gasteiger partial charge in [0.25, 0.3) is 0 Å². The summed E-state index contributed by atoms with van der Waals surface area (Å²) < 4.78 is 5.18. The molecule has 0 bridgehead atoms. The van der Waals surface area contributed by atoms with Crippen LogP contribution < -0.4 is 16.0 Å². The summed E-state index contributed by atoms with van der Waals surface area (Å²) >= 11 is 0. The van der Waals surface area contributed by atoms with Gasteiger partial charge in [0, 0.05) is 6.54 Å². The molecule has 10 heteroatoms. The number of alkyl carbamates (subject to hydrolysis) is 1. The van der Waals surface area contributed by atoms with Gasteiger partial charge < -0.3 is 30.3 Å². The summed E-state index contributed by atoms with van der Waals surface area (Å²) in [6, 6.07) is 0.974. The number of likely N-dealkylation sites (N-methyl/N-ethyl adjacent to an activating group) is 1. The number of carbonyl (C=O) groups is 4. The average Bonchev–Trinajstić information content (AvgIpc) is 3.28. The van der Waals surface area contributed by atoms with Crippen molar-refractivity contribution < 1.29 is 23.9 Å². The molecule has 1 aliphatic heterocycles. The number of allylic oxidation sites excluding steroid dienone is 2. The first-order chi connectivity index (χ1) is 18.9. The van der Waals surface area contributed by atoms with Crippen molar-refractivity contribution in [3.05, 3.63) is 12.2 Å². The molecular weight excluding hydrogens is 510 g/mol. The molecule has 2 unspecified atom stereocenters. The van der Waals surface area contributed by atoms with Gasteiger partial charge in [-0.2, -0.15) is 5.26 Å². The molecule has 3 N–H and O–H groups in total. The Morgan fingerprint density at radius 1 is 1.18 bits per heavy atom. The van der Waals surface area contributed by atoms with Gasteiger partial charge in [0.05, 0.1) is 18.2 Å². The zero-order valence-corrected chi connectivity index (χ0v) is 26.1. The van der Waals surface area contributed by atoms with Crippen molar-refractivity contribution in [2.75, 3.05) is 27.2 Å². The van der Waals surface area contributed by atoms with Crippen LogP contribution in [-0.2, 0) is 19.1 Å². The number of nitrogens with zero attached hydrogens (tertiary/aromatic N) is 2. The first kappa shape index (κ1) is 39.4. The van der Waals surface area contributed by atoms with Crippen LogP contribution in [0, 0.1) is 23.2 Å². The fourth-order valence-corrected chi connectivity index (χ4v) is 4.23. The number of ether oxygens (including phenoxy) is 1. The second kappa shape index (κ2) is 23.0. The quantitative estimate of drug-likeness (QED) is 0.212. The zero-order chi connectivity index (χ0) is 31.1. The van der Waals surface area contributed by atoms with E-state index in [2.05, 4.69) is 47.7 Å². The van der Waals surface area contributed by atoms with E-state index in [9.17, 15) is 19.6 Å². The molecule has 0 aromatic carbocycles. The summed E-state index contributed by atoms with van der Waals surface area (Å²) in [6.45, 7) is 15.6. The van der Waals surface area contributed by atoms with E-state index in [0.717, 1.165) is 38.8 Å². The smallest absolute Gasteiger partial charge is 0.408 e. The van der Waals surface area contributed by atoms with Crippen LogP contribution >= 0.6 is 0 Å². The molecule has 2 amide bonds. The molecule has 1 rings (SSSR count). The second-order valence-corrected chi connectivity index (χ2v) is 11.2. The van der Waals surface area contributed by atoms with Crippen LogP contribution in [0.15, 0.2) is 12.2 Å². The topological polar surface area (TPSA) is 141 Å². The Balaban J connectivity index is 0. The molecule has 0 aliphatic carbocycles. The van der Waals surface area contributed by atoms with Gasteiger partial charge in [0.1, 0.15) is 24.7 Å². The third kappa shape index (κ3) is 19.3. The standard InChI is InChI=1S/C26H44N4O4.C3H9N.CH2O/c1-7-10-20-15-23(30(6)17-20)24(32)28-21(16-27)14-13-19(2)11-8-9-12-22(18-31)29-25(33)34-26(3,4)5;1-3-4-2;1-2/h8,11,18-23H,7,9-10,12-15,17H2,1-6H3,(H,28,32)(H,29,33);4H,3H2,1-2H3;1H2/b11-8-;;/t19?,20-,21+,22+,23?;;/m1../s1. The van der Waals surface area contributed by atoms with Crippen LogP contribution in [0.3, 0.4) is 0 Å². The van der Waals surface area contributed by atoms with Gasteiger partial charge in [0.15, 0.2) is 0 Å². The van der Waals surface area contributed by atoms with Gasteiger partial charge in [-0.25, -0.2) is 4.79 Å². The Labute approximate surface area is 242 Å². The number of carbonyl (C=O) groups excluding carboxylic acids is 4. The maximum absolute atomic E-state index is 12.7. The average molecular weight is 566 g/mol. The van der Waals surface area contributed by atoms with Crippen LogP contribution in [0.1, 0.15) is 86.5 Å². The number of nitrogens with one attached hydrogen (secondary N) is 3. The molecule has 0 radical (unpaired) electrons. The maximum Gasteiger partial charge on any atom is 0.408 e. The molecule has 0 saturated carbocycles. The van der Waals surface area contributed by atoms with E-state index in [1.165, 1.54) is 0 Å². The molecular formula is C30H55N5O5. The lowest BCUT2D eigenvalue weighted by Crippen LogP contribution is -2.45. The summed E-state index contributed by atoms with van der Waals surface area (Å²) in [4.78, 5) is 45.8. The van der Waals surface area contributed by atoms with Gasteiger partial charge in [-0.15, -0.1) is 0 Å². The lowest BCUT2D eigenvalue weighted by molar-refractivity contribution is -0.125. The van der Waals surface area contributed by atoms with E-state index in [0.29, 0.717) is 31.5 Å². The SMILES string of the molecule is C=O.CCC[C@@H]1CC(C(=O)N[C@H](C#N)CCC(C)/C=C\CC[C@@H](C=O)NC(=O)OC(C)(C)C)N(C)C1.CCNC. The van der Waals surface area contributed by atoms with E-state index in [1.54, 1.807) is 20.8 Å². The van der Waals surface area contributed by atoms with Gasteiger partial charge in [0.2, 0.25) is 5.91 Å². The van der Waals surface area contributed by atoms with Crippen LogP contribution in [0.2, 0.25) is 0 Å². The van der Waals surface area contributed by atoms with Crippen molar-refractivity contribution in [1.29, 1.82) is 5.26 Å². The monoisotopic (exact) mass is 565 g/mol.